The van der Waals surface area contributed by atoms with Crippen LogP contribution in [0.3, 0.4) is 0 Å². The van der Waals surface area contributed by atoms with E-state index in [1.807, 2.05) is 13.0 Å². The first-order valence-corrected chi connectivity index (χ1v) is 4.52. The Morgan fingerprint density at radius 2 is 2.07 bits per heavy atom. The summed E-state index contributed by atoms with van der Waals surface area (Å²) in [7, 11) is 0. The zero-order valence-corrected chi connectivity index (χ0v) is 8.07. The monoisotopic (exact) mass is 188 g/mol. The highest BCUT2D eigenvalue weighted by Crippen LogP contribution is 2.05. The summed E-state index contributed by atoms with van der Waals surface area (Å²) in [4.78, 5) is 21.4. The fraction of sp³-hybridized carbons (Fsp3) is 0.167. The molecule has 0 unspecified atom stereocenters. The lowest BCUT2D eigenvalue weighted by Gasteiger charge is -1.93. The van der Waals surface area contributed by atoms with Crippen LogP contribution in [0.15, 0.2) is 30.3 Å². The highest BCUT2D eigenvalue weighted by Gasteiger charge is 1.92. The summed E-state index contributed by atoms with van der Waals surface area (Å²) in [5.41, 5.74) is 1.49. The summed E-state index contributed by atoms with van der Waals surface area (Å²) in [6.45, 7) is 1.81. The molecule has 0 saturated heterocycles. The molecule has 0 atom stereocenters. The van der Waals surface area contributed by atoms with Gasteiger partial charge >= 0.3 is 0 Å². The van der Waals surface area contributed by atoms with Crippen LogP contribution in [-0.2, 0) is 4.79 Å². The maximum Gasteiger partial charge on any atom is 0.155 e. The lowest BCUT2D eigenvalue weighted by Crippen LogP contribution is -1.87. The van der Waals surface area contributed by atoms with Gasteiger partial charge in [-0.2, -0.15) is 0 Å². The van der Waals surface area contributed by atoms with E-state index < -0.39 is 0 Å². The van der Waals surface area contributed by atoms with Gasteiger partial charge in [0.1, 0.15) is 6.29 Å². The number of ketones is 1. The second kappa shape index (κ2) is 5.12. The Morgan fingerprint density at radius 3 is 2.71 bits per heavy atom. The first-order chi connectivity index (χ1) is 6.76. The van der Waals surface area contributed by atoms with Crippen molar-refractivity contribution in [3.05, 3.63) is 41.5 Å². The van der Waals surface area contributed by atoms with Crippen molar-refractivity contribution in [3.8, 4) is 0 Å². The van der Waals surface area contributed by atoms with Crippen LogP contribution in [-0.4, -0.2) is 12.1 Å². The highest BCUT2D eigenvalue weighted by molar-refractivity contribution is 5.93. The molecule has 14 heavy (non-hydrogen) atoms. The minimum atomic E-state index is 0.0847. The molecule has 1 aromatic carbocycles. The average molecular weight is 188 g/mol. The van der Waals surface area contributed by atoms with Gasteiger partial charge in [0.2, 0.25) is 0 Å². The van der Waals surface area contributed by atoms with Gasteiger partial charge in [-0.05, 0) is 17.7 Å². The zero-order chi connectivity index (χ0) is 10.4. The standard InChI is InChI=1S/C12H12O2/c1-2-12(14)7-6-10-4-3-5-11(8-10)9-13/h3-9H,2H2,1H3. The predicted molar refractivity (Wildman–Crippen MR) is 56.2 cm³/mol. The van der Waals surface area contributed by atoms with Gasteiger partial charge in [0.15, 0.2) is 5.78 Å². The van der Waals surface area contributed by atoms with Crippen LogP contribution in [0.2, 0.25) is 0 Å². The molecule has 0 aromatic heterocycles. The third kappa shape index (κ3) is 2.98. The van der Waals surface area contributed by atoms with Crippen molar-refractivity contribution >= 4 is 18.1 Å². The Balaban J connectivity index is 2.81. The average Bonchev–Trinajstić information content (AvgIpc) is 2.26. The molecule has 0 aliphatic carbocycles. The summed E-state index contributed by atoms with van der Waals surface area (Å²) < 4.78 is 0. The van der Waals surface area contributed by atoms with Crippen LogP contribution < -0.4 is 0 Å². The van der Waals surface area contributed by atoms with Crippen molar-refractivity contribution in [1.29, 1.82) is 0 Å². The number of rotatable bonds is 4. The molecule has 2 heteroatoms. The van der Waals surface area contributed by atoms with E-state index >= 15 is 0 Å². The molecule has 2 nitrogen and oxygen atoms in total. The smallest absolute Gasteiger partial charge is 0.155 e. The lowest BCUT2D eigenvalue weighted by atomic mass is 10.1. The lowest BCUT2D eigenvalue weighted by molar-refractivity contribution is -0.114. The number of carbonyl (C=O) groups excluding carboxylic acids is 2. The van der Waals surface area contributed by atoms with E-state index in [1.54, 1.807) is 24.3 Å². The molecule has 0 spiro atoms. The summed E-state index contributed by atoms with van der Waals surface area (Å²) in [6, 6.07) is 7.12. The van der Waals surface area contributed by atoms with Crippen LogP contribution >= 0.6 is 0 Å². The molecule has 1 rings (SSSR count). The van der Waals surface area contributed by atoms with Gasteiger partial charge in [-0.15, -0.1) is 0 Å². The molecule has 0 fully saturated rings. The van der Waals surface area contributed by atoms with Crippen LogP contribution in [0.25, 0.3) is 6.08 Å². The maximum absolute atomic E-state index is 11.0. The van der Waals surface area contributed by atoms with Crippen molar-refractivity contribution in [1.82, 2.24) is 0 Å². The van der Waals surface area contributed by atoms with E-state index in [1.165, 1.54) is 6.08 Å². The molecule has 0 aliphatic rings. The molecule has 72 valence electrons. The largest absolute Gasteiger partial charge is 0.298 e. The third-order valence-electron chi connectivity index (χ3n) is 1.86. The molecule has 0 bridgehead atoms. The topological polar surface area (TPSA) is 34.1 Å². The number of aldehydes is 1. The zero-order valence-electron chi connectivity index (χ0n) is 8.07. The normalized spacial score (nSPS) is 10.4. The SMILES string of the molecule is CCC(=O)C=Cc1cccc(C=O)c1. The second-order valence-corrected chi connectivity index (χ2v) is 2.94. The maximum atomic E-state index is 11.0. The van der Waals surface area contributed by atoms with Gasteiger partial charge in [-0.3, -0.25) is 9.59 Å². The summed E-state index contributed by atoms with van der Waals surface area (Å²) >= 11 is 0. The van der Waals surface area contributed by atoms with Crippen LogP contribution in [0, 0.1) is 0 Å². The van der Waals surface area contributed by atoms with Gasteiger partial charge in [0.05, 0.1) is 0 Å². The quantitative estimate of drug-likeness (QED) is 0.537. The van der Waals surface area contributed by atoms with Crippen molar-refractivity contribution < 1.29 is 9.59 Å². The van der Waals surface area contributed by atoms with Gasteiger partial charge in [0, 0.05) is 12.0 Å². The van der Waals surface area contributed by atoms with E-state index in [0.717, 1.165) is 11.8 Å². The van der Waals surface area contributed by atoms with E-state index in [-0.39, 0.29) is 5.78 Å². The van der Waals surface area contributed by atoms with Gasteiger partial charge in [-0.1, -0.05) is 31.2 Å². The number of hydrogen-bond donors (Lipinski definition) is 0. The number of benzene rings is 1. The van der Waals surface area contributed by atoms with Crippen molar-refractivity contribution in [2.24, 2.45) is 0 Å². The van der Waals surface area contributed by atoms with Crippen LogP contribution in [0.1, 0.15) is 29.3 Å². The second-order valence-electron chi connectivity index (χ2n) is 2.94. The van der Waals surface area contributed by atoms with Gasteiger partial charge in [-0.25, -0.2) is 0 Å². The third-order valence-corrected chi connectivity index (χ3v) is 1.86. The summed E-state index contributed by atoms with van der Waals surface area (Å²) in [6.07, 6.45) is 4.55. The van der Waals surface area contributed by atoms with Crippen LogP contribution in [0.4, 0.5) is 0 Å². The summed E-state index contributed by atoms with van der Waals surface area (Å²) in [5.74, 6) is 0.0847. The first-order valence-electron chi connectivity index (χ1n) is 4.52. The van der Waals surface area contributed by atoms with E-state index in [9.17, 15) is 9.59 Å². The molecule has 0 N–H and O–H groups in total. The van der Waals surface area contributed by atoms with E-state index in [2.05, 4.69) is 0 Å². The molecule has 0 aliphatic heterocycles. The molecular formula is C12H12O2. The minimum Gasteiger partial charge on any atom is -0.298 e. The number of hydrogen-bond acceptors (Lipinski definition) is 2. The molecule has 0 amide bonds. The van der Waals surface area contributed by atoms with Crippen molar-refractivity contribution in [2.75, 3.05) is 0 Å². The predicted octanol–water partition coefficient (Wildman–Crippen LogP) is 2.49. The molecular weight excluding hydrogens is 176 g/mol. The molecule has 0 heterocycles. The summed E-state index contributed by atoms with van der Waals surface area (Å²) in [5, 5.41) is 0. The molecule has 0 saturated carbocycles. The van der Waals surface area contributed by atoms with Crippen molar-refractivity contribution in [3.63, 3.8) is 0 Å². The fourth-order valence-electron chi connectivity index (χ4n) is 1.04. The Hall–Kier alpha value is -1.70. The van der Waals surface area contributed by atoms with Gasteiger partial charge < -0.3 is 0 Å². The number of allylic oxidation sites excluding steroid dienone is 1. The Kier molecular flexibility index (Phi) is 3.80. The highest BCUT2D eigenvalue weighted by atomic mass is 16.1. The minimum absolute atomic E-state index is 0.0847. The van der Waals surface area contributed by atoms with Crippen molar-refractivity contribution in [2.45, 2.75) is 13.3 Å². The molecule has 0 radical (unpaired) electrons. The van der Waals surface area contributed by atoms with Crippen LogP contribution in [0.5, 0.6) is 0 Å². The fourth-order valence-corrected chi connectivity index (χ4v) is 1.04. The Morgan fingerprint density at radius 1 is 1.36 bits per heavy atom. The molecule has 1 aromatic rings. The van der Waals surface area contributed by atoms with Gasteiger partial charge in [0.25, 0.3) is 0 Å². The number of carbonyl (C=O) groups is 2. The Labute approximate surface area is 83.3 Å². The Bertz CT molecular complexity index is 364. The van der Waals surface area contributed by atoms with E-state index in [0.29, 0.717) is 12.0 Å². The first kappa shape index (κ1) is 10.4. The van der Waals surface area contributed by atoms with E-state index in [4.69, 9.17) is 0 Å².